The van der Waals surface area contributed by atoms with Gasteiger partial charge in [-0.15, -0.1) is 11.5 Å². The number of rotatable bonds is 3. The van der Waals surface area contributed by atoms with Gasteiger partial charge in [0.25, 0.3) is 0 Å². The van der Waals surface area contributed by atoms with Crippen LogP contribution in [0.1, 0.15) is 2.74 Å². The Morgan fingerprint density at radius 1 is 0.938 bits per heavy atom. The van der Waals surface area contributed by atoms with E-state index in [2.05, 4.69) is 16.0 Å². The largest absolute Gasteiger partial charge is 0.506 e. The predicted octanol–water partition coefficient (Wildman–Crippen LogP) is 6.38. The van der Waals surface area contributed by atoms with Crippen LogP contribution >= 0.6 is 11.8 Å². The molecule has 6 heteroatoms. The van der Waals surface area contributed by atoms with E-state index in [-0.39, 0.29) is 38.9 Å². The normalized spacial score (nSPS) is 12.0. The molecule has 4 nitrogen and oxygen atoms in total. The number of fused-ring (bicyclic) bond motifs is 4. The Balaban J connectivity index is 0.00000241. The van der Waals surface area contributed by atoms with Crippen molar-refractivity contribution in [3.8, 4) is 11.6 Å². The maximum atomic E-state index is 10.2. The van der Waals surface area contributed by atoms with Gasteiger partial charge in [-0.1, -0.05) is 58.5 Å². The molecule has 0 aliphatic rings. The number of phenolic OH excluding ortho intramolecular Hbond substituents is 1. The minimum Gasteiger partial charge on any atom is -0.506 e. The van der Waals surface area contributed by atoms with Crippen molar-refractivity contribution in [1.29, 1.82) is 0 Å². The van der Waals surface area contributed by atoms with E-state index in [9.17, 15) is 5.11 Å². The van der Waals surface area contributed by atoms with E-state index in [4.69, 9.17) is 2.74 Å². The van der Waals surface area contributed by atoms with E-state index in [1.54, 1.807) is 18.3 Å². The average molecular weight is 616 g/mol. The van der Waals surface area contributed by atoms with E-state index in [0.29, 0.717) is 11.3 Å². The van der Waals surface area contributed by atoms with Crippen molar-refractivity contribution in [2.75, 3.05) is 0 Å². The van der Waals surface area contributed by atoms with Crippen LogP contribution in [0.25, 0.3) is 38.5 Å². The first-order valence-electron chi connectivity index (χ1n) is 10.7. The summed E-state index contributed by atoms with van der Waals surface area (Å²) in [7, 11) is 0. The first kappa shape index (κ1) is 18.4. The molecule has 6 aromatic rings. The molecule has 3 aromatic carbocycles. The van der Waals surface area contributed by atoms with Crippen LogP contribution in [0.5, 0.6) is 5.75 Å². The summed E-state index contributed by atoms with van der Waals surface area (Å²) >= 11 is 1.45. The summed E-state index contributed by atoms with van der Waals surface area (Å²) in [4.78, 5) is 9.90. The van der Waals surface area contributed by atoms with E-state index in [1.165, 1.54) is 17.8 Å². The average Bonchev–Trinajstić information content (AvgIpc) is 3.15. The second-order valence-corrected chi connectivity index (χ2v) is 8.14. The Morgan fingerprint density at radius 2 is 1.84 bits per heavy atom. The van der Waals surface area contributed by atoms with Crippen LogP contribution in [-0.4, -0.2) is 19.6 Å². The molecule has 3 aromatic heterocycles. The molecule has 0 spiro atoms. The van der Waals surface area contributed by atoms with Gasteiger partial charge in [0.2, 0.25) is 0 Å². The number of nitrogens with zero attached hydrogens (tertiary/aromatic N) is 3. The van der Waals surface area contributed by atoms with Crippen LogP contribution in [0.3, 0.4) is 0 Å². The molecule has 0 fully saturated rings. The minimum atomic E-state index is 0. The summed E-state index contributed by atoms with van der Waals surface area (Å²) in [6.07, 6.45) is 1.56. The molecule has 0 amide bonds. The molecule has 0 aliphatic heterocycles. The summed E-state index contributed by atoms with van der Waals surface area (Å²) in [6.45, 7) is 0. The van der Waals surface area contributed by atoms with Gasteiger partial charge < -0.3 is 9.67 Å². The van der Waals surface area contributed by atoms with Gasteiger partial charge in [0.15, 0.2) is 0 Å². The zero-order valence-corrected chi connectivity index (χ0v) is 19.6. The molecule has 1 N–H and O–H groups in total. The monoisotopic (exact) mass is 615 g/mol. The molecule has 0 radical (unpaired) electrons. The smallest absolute Gasteiger partial charge is 0.141 e. The van der Waals surface area contributed by atoms with E-state index in [1.807, 2.05) is 59.2 Å². The number of benzene rings is 3. The number of phenols is 1. The molecule has 0 bridgehead atoms. The first-order chi connectivity index (χ1) is 16.1. The van der Waals surface area contributed by atoms with Gasteiger partial charge in [0.05, 0.1) is 7.77 Å². The van der Waals surface area contributed by atoms with Crippen LogP contribution in [0.2, 0.25) is 0 Å². The van der Waals surface area contributed by atoms with Crippen molar-refractivity contribution in [3.05, 3.63) is 97.1 Å². The van der Waals surface area contributed by atoms with E-state index < -0.39 is 0 Å². The molecule has 32 heavy (non-hydrogen) atoms. The Morgan fingerprint density at radius 3 is 2.78 bits per heavy atom. The van der Waals surface area contributed by atoms with Crippen molar-refractivity contribution < 1.29 is 28.9 Å². The third kappa shape index (κ3) is 3.48. The second kappa shape index (κ2) is 8.42. The van der Waals surface area contributed by atoms with Crippen molar-refractivity contribution in [3.63, 3.8) is 0 Å². The van der Waals surface area contributed by atoms with Crippen molar-refractivity contribution in [2.45, 2.75) is 9.92 Å². The van der Waals surface area contributed by atoms with Crippen LogP contribution in [0.15, 0.2) is 101 Å². The molecule has 0 unspecified atom stereocenters. The molecule has 3 heterocycles. The third-order valence-corrected chi connectivity index (χ3v) is 6.09. The van der Waals surface area contributed by atoms with Gasteiger partial charge >= 0.3 is 0 Å². The van der Waals surface area contributed by atoms with E-state index in [0.717, 1.165) is 37.1 Å². The Hall–Kier alpha value is -3.14. The topological polar surface area (TPSA) is 50.9 Å². The molecular formula is C26H16N3OPtS-. The zero-order chi connectivity index (χ0) is 22.5. The fourth-order valence-corrected chi connectivity index (χ4v) is 4.62. The standard InChI is InChI=1S/C26H16N3OS.Pt/c30-23-9-5-6-17-11-14-25(28-26(17)23)31-18-12-13-20-19-7-1-2-8-21(19)29(22(20)16-18)24-10-3-4-15-27-24;/h1-15,30H;/q-1;/i3D,10D;. The van der Waals surface area contributed by atoms with Crippen molar-refractivity contribution in [2.24, 2.45) is 0 Å². The van der Waals surface area contributed by atoms with Gasteiger partial charge in [-0.05, 0) is 41.8 Å². The number of para-hydroxylation sites is 2. The number of hydrogen-bond donors (Lipinski definition) is 1. The molecular weight excluding hydrogens is 597 g/mol. The van der Waals surface area contributed by atoms with Gasteiger partial charge in [-0.3, -0.25) is 0 Å². The van der Waals surface area contributed by atoms with Crippen LogP contribution < -0.4 is 0 Å². The zero-order valence-electron chi connectivity index (χ0n) is 18.5. The molecule has 0 saturated heterocycles. The van der Waals surface area contributed by atoms with Gasteiger partial charge in [-0.2, -0.15) is 12.1 Å². The Bertz CT molecular complexity index is 1700. The number of aromatic nitrogens is 3. The minimum absolute atomic E-state index is 0. The van der Waals surface area contributed by atoms with Gasteiger partial charge in [0.1, 0.15) is 17.1 Å². The fraction of sp³-hybridized carbons (Fsp3) is 0. The molecule has 0 saturated carbocycles. The quantitative estimate of drug-likeness (QED) is 0.235. The Kier molecular flexibility index (Phi) is 4.85. The fourth-order valence-electron chi connectivity index (χ4n) is 3.83. The van der Waals surface area contributed by atoms with Crippen LogP contribution in [0.4, 0.5) is 0 Å². The maximum Gasteiger partial charge on any atom is 0.141 e. The summed E-state index contributed by atoms with van der Waals surface area (Å²) in [5.41, 5.74) is 2.26. The SMILES string of the molecule is [2H]c1ccnc(-n2c3[c-]c(Sc4ccc5cccc(O)c5n4)ccc3c3ccccc32)c1[2H].[Pt]. The van der Waals surface area contributed by atoms with Crippen LogP contribution in [0, 0.1) is 6.07 Å². The first-order valence-corrected chi connectivity index (χ1v) is 10.6. The maximum absolute atomic E-state index is 10.2. The summed E-state index contributed by atoms with van der Waals surface area (Å²) in [6, 6.07) is 26.4. The number of hydrogen-bond acceptors (Lipinski definition) is 4. The summed E-state index contributed by atoms with van der Waals surface area (Å²) in [5.74, 6) is 0.555. The van der Waals surface area contributed by atoms with Crippen molar-refractivity contribution in [1.82, 2.24) is 14.5 Å². The van der Waals surface area contributed by atoms with Crippen molar-refractivity contribution >= 4 is 44.5 Å². The summed E-state index contributed by atoms with van der Waals surface area (Å²) in [5, 5.41) is 13.8. The molecule has 0 aliphatic carbocycles. The molecule has 0 atom stereocenters. The number of aromatic hydroxyl groups is 1. The predicted molar refractivity (Wildman–Crippen MR) is 125 cm³/mol. The van der Waals surface area contributed by atoms with E-state index >= 15 is 0 Å². The second-order valence-electron chi connectivity index (χ2n) is 7.08. The molecule has 6 rings (SSSR count). The molecule has 158 valence electrons. The van der Waals surface area contributed by atoms with Gasteiger partial charge in [-0.25, -0.2) is 9.97 Å². The Labute approximate surface area is 206 Å². The summed E-state index contributed by atoms with van der Waals surface area (Å²) < 4.78 is 18.4. The van der Waals surface area contributed by atoms with Gasteiger partial charge in [0, 0.05) is 38.2 Å². The van der Waals surface area contributed by atoms with Crippen LogP contribution in [-0.2, 0) is 21.1 Å². The number of pyridine rings is 2. The third-order valence-electron chi connectivity index (χ3n) is 5.20.